The molecule has 1 amide bonds. The number of ether oxygens (including phenoxy) is 2. The molecule has 1 aromatic carbocycles. The van der Waals surface area contributed by atoms with Crippen LogP contribution >= 0.6 is 15.9 Å². The second-order valence-corrected chi connectivity index (χ2v) is 7.57. The van der Waals surface area contributed by atoms with Crippen LogP contribution in [0.25, 0.3) is 10.8 Å². The highest BCUT2D eigenvalue weighted by Crippen LogP contribution is 2.36. The number of rotatable bonds is 5. The minimum absolute atomic E-state index is 0.0709. The number of primary amides is 1. The van der Waals surface area contributed by atoms with Gasteiger partial charge < -0.3 is 15.2 Å². The third-order valence-corrected chi connectivity index (χ3v) is 4.99. The monoisotopic (exact) mass is 406 g/mol. The molecule has 1 aliphatic rings. The Morgan fingerprint density at radius 2 is 1.96 bits per heavy atom. The fourth-order valence-electron chi connectivity index (χ4n) is 3.19. The Labute approximate surface area is 156 Å². The fourth-order valence-corrected chi connectivity index (χ4v) is 3.62. The van der Waals surface area contributed by atoms with Gasteiger partial charge in [-0.05, 0) is 67.6 Å². The molecule has 5 nitrogen and oxygen atoms in total. The molecule has 25 heavy (non-hydrogen) atoms. The van der Waals surface area contributed by atoms with Gasteiger partial charge in [-0.1, -0.05) is 6.42 Å². The van der Waals surface area contributed by atoms with Crippen LogP contribution in [-0.2, 0) is 0 Å². The quantitative estimate of drug-likeness (QED) is 0.787. The lowest BCUT2D eigenvalue weighted by Gasteiger charge is -2.23. The van der Waals surface area contributed by atoms with Gasteiger partial charge in [0.15, 0.2) is 0 Å². The van der Waals surface area contributed by atoms with E-state index in [1.807, 2.05) is 19.9 Å². The van der Waals surface area contributed by atoms with Gasteiger partial charge in [0.25, 0.3) is 5.91 Å². The lowest BCUT2D eigenvalue weighted by molar-refractivity contribution is 0.0994. The number of hydrogen-bond acceptors (Lipinski definition) is 4. The zero-order chi connectivity index (χ0) is 18.0. The second kappa shape index (κ2) is 7.60. The number of nitrogens with two attached hydrogens (primary N) is 1. The number of aromatic nitrogens is 1. The van der Waals surface area contributed by atoms with Crippen LogP contribution in [0.15, 0.2) is 22.8 Å². The number of pyridine rings is 1. The Kier molecular flexibility index (Phi) is 5.47. The summed E-state index contributed by atoms with van der Waals surface area (Å²) in [6.45, 7) is 3.82. The zero-order valence-corrected chi connectivity index (χ0v) is 16.1. The molecule has 0 saturated heterocycles. The Morgan fingerprint density at radius 3 is 2.60 bits per heavy atom. The van der Waals surface area contributed by atoms with E-state index in [-0.39, 0.29) is 12.2 Å². The molecule has 0 unspecified atom stereocenters. The summed E-state index contributed by atoms with van der Waals surface area (Å²) in [5, 5.41) is 1.66. The summed E-state index contributed by atoms with van der Waals surface area (Å²) in [5.74, 6) is 0.522. The fraction of sp³-hybridized carbons (Fsp3) is 0.474. The van der Waals surface area contributed by atoms with E-state index < -0.39 is 5.91 Å². The number of carbonyl (C=O) groups excluding carboxylic acids is 1. The van der Waals surface area contributed by atoms with Gasteiger partial charge in [0, 0.05) is 21.4 Å². The van der Waals surface area contributed by atoms with Crippen LogP contribution in [0.2, 0.25) is 0 Å². The molecule has 1 saturated carbocycles. The Bertz CT molecular complexity index is 786. The molecule has 134 valence electrons. The third-order valence-electron chi connectivity index (χ3n) is 4.36. The smallest absolute Gasteiger partial charge is 0.252 e. The SMILES string of the molecule is CC(C)Oc1cc2c(OC3CCCCC3)ncc(Br)c2cc1C(N)=O. The standard InChI is InChI=1S/C19H23BrN2O3/c1-11(2)24-17-9-14-13(8-15(17)18(21)23)16(20)10-22-19(14)25-12-6-4-3-5-7-12/h8-12H,3-7H2,1-2H3,(H2,21,23). The first-order valence-corrected chi connectivity index (χ1v) is 9.50. The maximum atomic E-state index is 11.8. The van der Waals surface area contributed by atoms with Crippen molar-refractivity contribution in [3.05, 3.63) is 28.4 Å². The Balaban J connectivity index is 2.08. The van der Waals surface area contributed by atoms with Gasteiger partial charge in [-0.15, -0.1) is 0 Å². The molecule has 2 aromatic rings. The van der Waals surface area contributed by atoms with Gasteiger partial charge in [-0.3, -0.25) is 4.79 Å². The van der Waals surface area contributed by atoms with E-state index in [0.717, 1.165) is 28.1 Å². The lowest BCUT2D eigenvalue weighted by Crippen LogP contribution is -2.20. The molecule has 6 heteroatoms. The van der Waals surface area contributed by atoms with Crippen molar-refractivity contribution in [3.63, 3.8) is 0 Å². The van der Waals surface area contributed by atoms with Crippen LogP contribution in [0.3, 0.4) is 0 Å². The van der Waals surface area contributed by atoms with Gasteiger partial charge in [0.1, 0.15) is 11.9 Å². The minimum Gasteiger partial charge on any atom is -0.490 e. The van der Waals surface area contributed by atoms with Crippen LogP contribution in [-0.4, -0.2) is 23.1 Å². The van der Waals surface area contributed by atoms with Crippen molar-refractivity contribution < 1.29 is 14.3 Å². The molecule has 0 aliphatic heterocycles. The Morgan fingerprint density at radius 1 is 1.24 bits per heavy atom. The highest BCUT2D eigenvalue weighted by atomic mass is 79.9. The molecule has 1 heterocycles. The van der Waals surface area contributed by atoms with Crippen LogP contribution in [0.4, 0.5) is 0 Å². The molecular weight excluding hydrogens is 384 g/mol. The van der Waals surface area contributed by atoms with Crippen molar-refractivity contribution in [2.45, 2.75) is 58.2 Å². The van der Waals surface area contributed by atoms with E-state index in [2.05, 4.69) is 20.9 Å². The maximum Gasteiger partial charge on any atom is 0.252 e. The van der Waals surface area contributed by atoms with Crippen molar-refractivity contribution in [1.29, 1.82) is 0 Å². The average Bonchev–Trinajstić information content (AvgIpc) is 2.57. The number of benzene rings is 1. The summed E-state index contributed by atoms with van der Waals surface area (Å²) in [6.07, 6.45) is 7.56. The molecular formula is C19H23BrN2O3. The van der Waals surface area contributed by atoms with E-state index in [9.17, 15) is 4.79 Å². The highest BCUT2D eigenvalue weighted by molar-refractivity contribution is 9.10. The van der Waals surface area contributed by atoms with Gasteiger partial charge in [0.05, 0.1) is 11.7 Å². The lowest BCUT2D eigenvalue weighted by atomic mass is 9.98. The molecule has 0 radical (unpaired) electrons. The van der Waals surface area contributed by atoms with Crippen molar-refractivity contribution >= 4 is 32.6 Å². The van der Waals surface area contributed by atoms with E-state index >= 15 is 0 Å². The topological polar surface area (TPSA) is 74.4 Å². The summed E-state index contributed by atoms with van der Waals surface area (Å²) in [7, 11) is 0. The van der Waals surface area contributed by atoms with E-state index in [0.29, 0.717) is 17.2 Å². The third kappa shape index (κ3) is 4.06. The highest BCUT2D eigenvalue weighted by Gasteiger charge is 2.20. The largest absolute Gasteiger partial charge is 0.490 e. The number of carbonyl (C=O) groups is 1. The Hall–Kier alpha value is -1.82. The molecule has 3 rings (SSSR count). The summed E-state index contributed by atoms with van der Waals surface area (Å²) in [6, 6.07) is 3.56. The van der Waals surface area contributed by atoms with Crippen molar-refractivity contribution in [1.82, 2.24) is 4.98 Å². The first kappa shape index (κ1) is 18.0. The summed E-state index contributed by atoms with van der Waals surface area (Å²) >= 11 is 3.50. The summed E-state index contributed by atoms with van der Waals surface area (Å²) < 4.78 is 12.8. The average molecular weight is 407 g/mol. The number of amides is 1. The summed E-state index contributed by atoms with van der Waals surface area (Å²) in [5.41, 5.74) is 5.90. The summed E-state index contributed by atoms with van der Waals surface area (Å²) in [4.78, 5) is 16.3. The van der Waals surface area contributed by atoms with Crippen molar-refractivity contribution in [2.24, 2.45) is 5.73 Å². The van der Waals surface area contributed by atoms with Crippen molar-refractivity contribution in [3.8, 4) is 11.6 Å². The first-order valence-electron chi connectivity index (χ1n) is 8.71. The second-order valence-electron chi connectivity index (χ2n) is 6.71. The van der Waals surface area contributed by atoms with E-state index in [4.69, 9.17) is 15.2 Å². The molecule has 0 bridgehead atoms. The molecule has 1 aromatic heterocycles. The molecule has 1 fully saturated rings. The van der Waals surface area contributed by atoms with Crippen LogP contribution < -0.4 is 15.2 Å². The first-order chi connectivity index (χ1) is 12.0. The van der Waals surface area contributed by atoms with Crippen LogP contribution in [0.1, 0.15) is 56.3 Å². The van der Waals surface area contributed by atoms with Crippen LogP contribution in [0, 0.1) is 0 Å². The predicted octanol–water partition coefficient (Wildman–Crippen LogP) is 4.59. The maximum absolute atomic E-state index is 11.8. The van der Waals surface area contributed by atoms with E-state index in [1.165, 1.54) is 19.3 Å². The van der Waals surface area contributed by atoms with Gasteiger partial charge in [-0.2, -0.15) is 0 Å². The molecule has 0 atom stereocenters. The normalized spacial score (nSPS) is 15.5. The number of hydrogen-bond donors (Lipinski definition) is 1. The predicted molar refractivity (Wildman–Crippen MR) is 101 cm³/mol. The number of halogens is 1. The van der Waals surface area contributed by atoms with E-state index in [1.54, 1.807) is 12.3 Å². The molecule has 1 aliphatic carbocycles. The van der Waals surface area contributed by atoms with Gasteiger partial charge in [-0.25, -0.2) is 4.98 Å². The van der Waals surface area contributed by atoms with Crippen molar-refractivity contribution in [2.75, 3.05) is 0 Å². The number of fused-ring (bicyclic) bond motifs is 1. The zero-order valence-electron chi connectivity index (χ0n) is 14.5. The minimum atomic E-state index is -0.518. The van der Waals surface area contributed by atoms with Gasteiger partial charge >= 0.3 is 0 Å². The van der Waals surface area contributed by atoms with Crippen LogP contribution in [0.5, 0.6) is 11.6 Å². The molecule has 0 spiro atoms. The molecule has 2 N–H and O–H groups in total. The van der Waals surface area contributed by atoms with Gasteiger partial charge in [0.2, 0.25) is 5.88 Å². The number of nitrogens with zero attached hydrogens (tertiary/aromatic N) is 1.